The van der Waals surface area contributed by atoms with Crippen molar-refractivity contribution in [1.82, 2.24) is 4.90 Å². The van der Waals surface area contributed by atoms with Crippen LogP contribution in [0.2, 0.25) is 0 Å². The molecule has 1 aliphatic carbocycles. The molecule has 17 heavy (non-hydrogen) atoms. The van der Waals surface area contributed by atoms with Gasteiger partial charge >= 0.3 is 0 Å². The Morgan fingerprint density at radius 3 is 3.12 bits per heavy atom. The van der Waals surface area contributed by atoms with Gasteiger partial charge < -0.3 is 9.64 Å². The van der Waals surface area contributed by atoms with Gasteiger partial charge in [0.1, 0.15) is 0 Å². The molecule has 2 heterocycles. The van der Waals surface area contributed by atoms with Crippen LogP contribution in [0.3, 0.4) is 0 Å². The average Bonchev–Trinajstić information content (AvgIpc) is 2.95. The molecular weight excluding hydrogens is 302 g/mol. The number of hydrogen-bond donors (Lipinski definition) is 0. The Kier molecular flexibility index (Phi) is 3.23. The van der Waals surface area contributed by atoms with Crippen molar-refractivity contribution < 1.29 is 9.53 Å². The van der Waals surface area contributed by atoms with Crippen LogP contribution in [0.25, 0.3) is 0 Å². The first-order valence-corrected chi connectivity index (χ1v) is 7.54. The third-order valence-corrected chi connectivity index (χ3v) is 5.14. The van der Waals surface area contributed by atoms with Gasteiger partial charge in [0, 0.05) is 6.54 Å². The largest absolute Gasteiger partial charge is 0.374 e. The fourth-order valence-electron chi connectivity index (χ4n) is 2.75. The predicted molar refractivity (Wildman–Crippen MR) is 70.4 cm³/mol. The van der Waals surface area contributed by atoms with E-state index < -0.39 is 0 Å². The number of ether oxygens (including phenoxy) is 1. The van der Waals surface area contributed by atoms with Gasteiger partial charge in [0.2, 0.25) is 0 Å². The van der Waals surface area contributed by atoms with Crippen LogP contribution in [0.15, 0.2) is 15.9 Å². The summed E-state index contributed by atoms with van der Waals surface area (Å²) in [6, 6.07) is 4.14. The Balaban J connectivity index is 1.81. The molecule has 3 rings (SSSR count). The number of rotatable bonds is 1. The van der Waals surface area contributed by atoms with Gasteiger partial charge in [0.15, 0.2) is 0 Å². The molecule has 2 atom stereocenters. The summed E-state index contributed by atoms with van der Waals surface area (Å²) < 4.78 is 6.73. The van der Waals surface area contributed by atoms with Crippen molar-refractivity contribution in [3.05, 3.63) is 20.8 Å². The van der Waals surface area contributed by atoms with Gasteiger partial charge in [0.25, 0.3) is 5.91 Å². The summed E-state index contributed by atoms with van der Waals surface area (Å²) >= 11 is 4.91. The maximum absolute atomic E-state index is 12.4. The molecule has 3 nitrogen and oxygen atoms in total. The molecule has 1 aromatic heterocycles. The Morgan fingerprint density at radius 1 is 1.47 bits per heavy atom. The first-order valence-electron chi connectivity index (χ1n) is 5.93. The Morgan fingerprint density at radius 2 is 2.35 bits per heavy atom. The van der Waals surface area contributed by atoms with Crippen molar-refractivity contribution in [1.29, 1.82) is 0 Å². The van der Waals surface area contributed by atoms with Gasteiger partial charge in [-0.05, 0) is 47.3 Å². The minimum absolute atomic E-state index is 0.168. The summed E-state index contributed by atoms with van der Waals surface area (Å²) in [4.78, 5) is 15.3. The molecule has 0 aromatic carbocycles. The van der Waals surface area contributed by atoms with E-state index in [1.165, 1.54) is 17.8 Å². The number of halogens is 1. The summed E-state index contributed by atoms with van der Waals surface area (Å²) in [5.74, 6) is 0.168. The van der Waals surface area contributed by atoms with E-state index >= 15 is 0 Å². The minimum Gasteiger partial charge on any atom is -0.374 e. The second-order valence-electron chi connectivity index (χ2n) is 4.51. The zero-order valence-corrected chi connectivity index (χ0v) is 11.8. The lowest BCUT2D eigenvalue weighted by Crippen LogP contribution is -2.51. The third kappa shape index (κ3) is 2.16. The van der Waals surface area contributed by atoms with Crippen LogP contribution in [0.4, 0.5) is 0 Å². The average molecular weight is 316 g/mol. The van der Waals surface area contributed by atoms with E-state index in [2.05, 4.69) is 15.9 Å². The molecule has 1 amide bonds. The molecule has 0 N–H and O–H groups in total. The van der Waals surface area contributed by atoms with Crippen molar-refractivity contribution in [3.63, 3.8) is 0 Å². The number of thiophene rings is 1. The Bertz CT molecular complexity index is 434. The van der Waals surface area contributed by atoms with Crippen LogP contribution in [0, 0.1) is 0 Å². The van der Waals surface area contributed by atoms with Crippen LogP contribution in [-0.2, 0) is 4.74 Å². The first kappa shape index (κ1) is 11.7. The summed E-state index contributed by atoms with van der Waals surface area (Å²) in [5.41, 5.74) is 0. The van der Waals surface area contributed by atoms with Gasteiger partial charge in [-0.25, -0.2) is 0 Å². The number of carbonyl (C=O) groups excluding carboxylic acids is 1. The number of fused-ring (bicyclic) bond motifs is 1. The van der Waals surface area contributed by atoms with E-state index in [4.69, 9.17) is 4.74 Å². The number of amides is 1. The first-order chi connectivity index (χ1) is 8.25. The maximum Gasteiger partial charge on any atom is 0.264 e. The summed E-state index contributed by atoms with van der Waals surface area (Å²) in [7, 11) is 0. The maximum atomic E-state index is 12.4. The van der Waals surface area contributed by atoms with E-state index in [9.17, 15) is 4.79 Å². The molecule has 1 saturated heterocycles. The van der Waals surface area contributed by atoms with E-state index in [1.807, 2.05) is 17.0 Å². The van der Waals surface area contributed by atoms with Crippen molar-refractivity contribution in [3.8, 4) is 0 Å². The van der Waals surface area contributed by atoms with Gasteiger partial charge in [-0.3, -0.25) is 4.79 Å². The number of hydrogen-bond acceptors (Lipinski definition) is 3. The zero-order valence-electron chi connectivity index (χ0n) is 9.39. The second kappa shape index (κ2) is 4.71. The summed E-state index contributed by atoms with van der Waals surface area (Å²) in [6.07, 6.45) is 3.63. The number of morpholine rings is 1. The van der Waals surface area contributed by atoms with Gasteiger partial charge in [-0.15, -0.1) is 11.3 Å². The molecule has 0 unspecified atom stereocenters. The van der Waals surface area contributed by atoms with Crippen molar-refractivity contribution in [2.75, 3.05) is 13.2 Å². The predicted octanol–water partition coefficient (Wildman–Crippen LogP) is 2.90. The van der Waals surface area contributed by atoms with Gasteiger partial charge in [0.05, 0.1) is 27.4 Å². The standard InChI is InChI=1S/C12H14BrNO2S/c13-11-5-4-10(17-11)12(15)14-6-7-16-9-3-1-2-8(9)14/h4-5,8-9H,1-3,6-7H2/t8-,9+/m1/s1. The molecule has 0 radical (unpaired) electrons. The fourth-order valence-corrected chi connectivity index (χ4v) is 4.09. The SMILES string of the molecule is O=C(c1ccc(Br)s1)N1CCO[C@H]2CCC[C@H]21. The highest BCUT2D eigenvalue weighted by atomic mass is 79.9. The monoisotopic (exact) mass is 315 g/mol. The molecule has 0 bridgehead atoms. The van der Waals surface area contributed by atoms with Crippen LogP contribution < -0.4 is 0 Å². The highest BCUT2D eigenvalue weighted by Gasteiger charge is 2.38. The molecular formula is C12H14BrNO2S. The Labute approximate surface area is 113 Å². The molecule has 0 spiro atoms. The quantitative estimate of drug-likeness (QED) is 0.797. The summed E-state index contributed by atoms with van der Waals surface area (Å²) in [6.45, 7) is 1.41. The number of nitrogens with zero attached hydrogens (tertiary/aromatic N) is 1. The van der Waals surface area contributed by atoms with Crippen LogP contribution >= 0.6 is 27.3 Å². The van der Waals surface area contributed by atoms with Crippen molar-refractivity contribution in [2.24, 2.45) is 0 Å². The minimum atomic E-state index is 0.168. The molecule has 2 fully saturated rings. The smallest absolute Gasteiger partial charge is 0.264 e. The molecule has 5 heteroatoms. The lowest BCUT2D eigenvalue weighted by molar-refractivity contribution is -0.0443. The molecule has 1 aliphatic heterocycles. The normalized spacial score (nSPS) is 28.2. The highest BCUT2D eigenvalue weighted by molar-refractivity contribution is 9.11. The lowest BCUT2D eigenvalue weighted by Gasteiger charge is -2.37. The van der Waals surface area contributed by atoms with E-state index in [-0.39, 0.29) is 12.0 Å². The van der Waals surface area contributed by atoms with Gasteiger partial charge in [-0.1, -0.05) is 0 Å². The van der Waals surface area contributed by atoms with Crippen molar-refractivity contribution >= 4 is 33.2 Å². The van der Waals surface area contributed by atoms with E-state index in [0.717, 1.165) is 28.0 Å². The fraction of sp³-hybridized carbons (Fsp3) is 0.583. The molecule has 2 aliphatic rings. The van der Waals surface area contributed by atoms with Gasteiger partial charge in [-0.2, -0.15) is 0 Å². The van der Waals surface area contributed by atoms with E-state index in [0.29, 0.717) is 12.6 Å². The molecule has 1 saturated carbocycles. The van der Waals surface area contributed by atoms with Crippen LogP contribution in [-0.4, -0.2) is 36.1 Å². The molecule has 1 aromatic rings. The van der Waals surface area contributed by atoms with Crippen LogP contribution in [0.5, 0.6) is 0 Å². The third-order valence-electron chi connectivity index (χ3n) is 3.53. The van der Waals surface area contributed by atoms with Crippen LogP contribution in [0.1, 0.15) is 28.9 Å². The highest BCUT2D eigenvalue weighted by Crippen LogP contribution is 2.32. The Hall–Kier alpha value is -0.390. The van der Waals surface area contributed by atoms with E-state index in [1.54, 1.807) is 0 Å². The zero-order chi connectivity index (χ0) is 11.8. The second-order valence-corrected chi connectivity index (χ2v) is 6.97. The molecule has 92 valence electrons. The van der Waals surface area contributed by atoms with Crippen molar-refractivity contribution in [2.45, 2.75) is 31.4 Å². The topological polar surface area (TPSA) is 29.5 Å². The lowest BCUT2D eigenvalue weighted by atomic mass is 10.1. The summed E-state index contributed by atoms with van der Waals surface area (Å²) in [5, 5.41) is 0. The number of carbonyl (C=O) groups is 1.